The molecule has 0 bridgehead atoms. The maximum absolute atomic E-state index is 12.0. The molecule has 1 heterocycles. The molecule has 0 aromatic carbocycles. The monoisotopic (exact) mass is 280 g/mol. The van der Waals surface area contributed by atoms with Gasteiger partial charge >= 0.3 is 0 Å². The molecule has 6 nitrogen and oxygen atoms in total. The van der Waals surface area contributed by atoms with Crippen LogP contribution >= 0.6 is 11.8 Å². The van der Waals surface area contributed by atoms with Crippen LogP contribution in [0.1, 0.15) is 26.2 Å². The molecular weight excluding hydrogens is 264 g/mol. The molecule has 0 atom stereocenters. The van der Waals surface area contributed by atoms with Gasteiger partial charge in [-0.05, 0) is 12.8 Å². The van der Waals surface area contributed by atoms with E-state index >= 15 is 0 Å². The molecule has 1 rings (SSSR count). The first-order chi connectivity index (χ1) is 7.97. The van der Waals surface area contributed by atoms with Crippen molar-refractivity contribution in [2.24, 2.45) is 0 Å². The molecule has 17 heavy (non-hydrogen) atoms. The van der Waals surface area contributed by atoms with E-state index in [1.165, 1.54) is 16.1 Å². The minimum atomic E-state index is -3.40. The van der Waals surface area contributed by atoms with Gasteiger partial charge in [-0.1, -0.05) is 13.3 Å². The number of unbranched alkanes of at least 4 members (excludes halogenated alkanes) is 1. The maximum Gasteiger partial charge on any atom is 0.265 e. The van der Waals surface area contributed by atoms with Crippen molar-refractivity contribution < 1.29 is 13.3 Å². The van der Waals surface area contributed by atoms with Crippen LogP contribution in [0.3, 0.4) is 0 Å². The first-order valence-corrected chi connectivity index (χ1v) is 8.05. The Morgan fingerprint density at radius 1 is 1.59 bits per heavy atom. The fraction of sp³-hybridized carbons (Fsp3) is 0.778. The van der Waals surface area contributed by atoms with Gasteiger partial charge in [0.1, 0.15) is 0 Å². The average Bonchev–Trinajstić information content (AvgIpc) is 2.26. The Labute approximate surface area is 105 Å². The van der Waals surface area contributed by atoms with Crippen LogP contribution in [-0.2, 0) is 10.0 Å². The topological polar surface area (TPSA) is 80.5 Å². The quantitative estimate of drug-likeness (QED) is 0.565. The third-order valence-electron chi connectivity index (χ3n) is 2.31. The molecule has 0 saturated carbocycles. The molecule has 0 aliphatic carbocycles. The lowest BCUT2D eigenvalue weighted by molar-refractivity contribution is -0.403. The summed E-state index contributed by atoms with van der Waals surface area (Å²) >= 11 is 1.23. The van der Waals surface area contributed by atoms with Crippen molar-refractivity contribution in [2.75, 3.05) is 18.1 Å². The van der Waals surface area contributed by atoms with Crippen LogP contribution in [0.2, 0.25) is 0 Å². The number of rotatable bonds is 5. The molecule has 0 spiro atoms. The van der Waals surface area contributed by atoms with Gasteiger partial charge in [-0.2, -0.15) is 0 Å². The second-order valence-electron chi connectivity index (χ2n) is 3.70. The zero-order chi connectivity index (χ0) is 12.9. The van der Waals surface area contributed by atoms with Crippen LogP contribution in [0.5, 0.6) is 0 Å². The fourth-order valence-electron chi connectivity index (χ4n) is 1.47. The van der Waals surface area contributed by atoms with Crippen LogP contribution in [0.15, 0.2) is 11.2 Å². The Bertz CT molecular complexity index is 405. The zero-order valence-corrected chi connectivity index (χ0v) is 11.3. The number of nitro groups is 1. The highest BCUT2D eigenvalue weighted by Gasteiger charge is 2.28. The van der Waals surface area contributed by atoms with Gasteiger partial charge in [0.15, 0.2) is 5.03 Å². The molecule has 0 N–H and O–H groups in total. The minimum absolute atomic E-state index is 0.0547. The minimum Gasteiger partial charge on any atom is -0.259 e. The first-order valence-electron chi connectivity index (χ1n) is 5.46. The predicted molar refractivity (Wildman–Crippen MR) is 67.6 cm³/mol. The molecule has 1 aliphatic heterocycles. The van der Waals surface area contributed by atoms with Crippen molar-refractivity contribution in [1.82, 2.24) is 4.31 Å². The van der Waals surface area contributed by atoms with E-state index in [0.717, 1.165) is 24.8 Å². The van der Waals surface area contributed by atoms with Gasteiger partial charge in [0.2, 0.25) is 10.0 Å². The Kier molecular flexibility index (Phi) is 5.26. The SMILES string of the molecule is CCCCS(=O)(=O)N1CCCS/C1=C\[N+](=O)[O-]. The number of sulfonamides is 1. The van der Waals surface area contributed by atoms with E-state index in [0.29, 0.717) is 13.0 Å². The van der Waals surface area contributed by atoms with E-state index in [9.17, 15) is 18.5 Å². The number of nitrogens with zero attached hydrogens (tertiary/aromatic N) is 2. The smallest absolute Gasteiger partial charge is 0.259 e. The summed E-state index contributed by atoms with van der Waals surface area (Å²) in [5.74, 6) is 0.776. The highest BCUT2D eigenvalue weighted by molar-refractivity contribution is 8.04. The summed E-state index contributed by atoms with van der Waals surface area (Å²) in [6, 6.07) is 0. The van der Waals surface area contributed by atoms with E-state index < -0.39 is 14.9 Å². The van der Waals surface area contributed by atoms with E-state index in [4.69, 9.17) is 0 Å². The van der Waals surface area contributed by atoms with Gasteiger partial charge in [0.25, 0.3) is 6.20 Å². The lowest BCUT2D eigenvalue weighted by Crippen LogP contribution is -2.35. The summed E-state index contributed by atoms with van der Waals surface area (Å²) in [7, 11) is -3.40. The van der Waals surface area contributed by atoms with Crippen molar-refractivity contribution >= 4 is 21.8 Å². The van der Waals surface area contributed by atoms with Gasteiger partial charge < -0.3 is 0 Å². The van der Waals surface area contributed by atoms with Gasteiger partial charge in [-0.25, -0.2) is 8.42 Å². The van der Waals surface area contributed by atoms with Crippen LogP contribution in [0.25, 0.3) is 0 Å². The Morgan fingerprint density at radius 2 is 2.29 bits per heavy atom. The van der Waals surface area contributed by atoms with E-state index in [2.05, 4.69) is 0 Å². The summed E-state index contributed by atoms with van der Waals surface area (Å²) in [6.45, 7) is 2.26. The fourth-order valence-corrected chi connectivity index (χ4v) is 4.45. The molecule has 0 aromatic heterocycles. The third-order valence-corrected chi connectivity index (χ3v) is 5.39. The Morgan fingerprint density at radius 3 is 2.88 bits per heavy atom. The molecule has 1 aliphatic rings. The molecule has 1 fully saturated rings. The lowest BCUT2D eigenvalue weighted by Gasteiger charge is -2.28. The lowest BCUT2D eigenvalue weighted by atomic mass is 10.4. The van der Waals surface area contributed by atoms with Crippen LogP contribution in [0, 0.1) is 10.1 Å². The van der Waals surface area contributed by atoms with Crippen molar-refractivity contribution in [2.45, 2.75) is 26.2 Å². The summed E-state index contributed by atoms with van der Waals surface area (Å²) in [5, 5.41) is 10.7. The molecule has 8 heteroatoms. The number of thioether (sulfide) groups is 1. The normalized spacial score (nSPS) is 19.6. The molecule has 1 saturated heterocycles. The van der Waals surface area contributed by atoms with E-state index in [1.54, 1.807) is 0 Å². The summed E-state index contributed by atoms with van der Waals surface area (Å²) in [4.78, 5) is 9.85. The van der Waals surface area contributed by atoms with Gasteiger partial charge in [0, 0.05) is 12.3 Å². The van der Waals surface area contributed by atoms with Crippen molar-refractivity contribution in [1.29, 1.82) is 0 Å². The average molecular weight is 280 g/mol. The van der Waals surface area contributed by atoms with Gasteiger partial charge in [-0.3, -0.25) is 14.4 Å². The van der Waals surface area contributed by atoms with E-state index in [-0.39, 0.29) is 10.8 Å². The number of hydrogen-bond acceptors (Lipinski definition) is 5. The van der Waals surface area contributed by atoms with E-state index in [1.807, 2.05) is 6.92 Å². The standard InChI is InChI=1S/C9H16N2O4S2/c1-2-3-7-17(14,15)10-5-4-6-16-9(10)8-11(12)13/h8H,2-7H2,1H3/b9-8-. The third kappa shape index (κ3) is 4.19. The second-order valence-corrected chi connectivity index (χ2v) is 6.82. The molecular formula is C9H16N2O4S2. The highest BCUT2D eigenvalue weighted by Crippen LogP contribution is 2.29. The molecule has 0 amide bonds. The first kappa shape index (κ1) is 14.3. The van der Waals surface area contributed by atoms with Crippen LogP contribution in [0.4, 0.5) is 0 Å². The second kappa shape index (κ2) is 6.25. The number of hydrogen-bond donors (Lipinski definition) is 0. The molecule has 0 radical (unpaired) electrons. The molecule has 98 valence electrons. The summed E-state index contributed by atoms with van der Waals surface area (Å²) in [5.41, 5.74) is 0. The van der Waals surface area contributed by atoms with Gasteiger partial charge in [-0.15, -0.1) is 11.8 Å². The van der Waals surface area contributed by atoms with Gasteiger partial charge in [0.05, 0.1) is 10.7 Å². The van der Waals surface area contributed by atoms with Crippen LogP contribution < -0.4 is 0 Å². The summed E-state index contributed by atoms with van der Waals surface area (Å²) < 4.78 is 25.2. The highest BCUT2D eigenvalue weighted by atomic mass is 32.2. The molecule has 0 aromatic rings. The maximum atomic E-state index is 12.0. The Hall–Kier alpha value is -0.760. The predicted octanol–water partition coefficient (Wildman–Crippen LogP) is 1.63. The van der Waals surface area contributed by atoms with Crippen molar-refractivity contribution in [3.8, 4) is 0 Å². The van der Waals surface area contributed by atoms with Crippen molar-refractivity contribution in [3.63, 3.8) is 0 Å². The largest absolute Gasteiger partial charge is 0.265 e. The Balaban J connectivity index is 2.88. The van der Waals surface area contributed by atoms with Crippen molar-refractivity contribution in [3.05, 3.63) is 21.3 Å². The van der Waals surface area contributed by atoms with Crippen LogP contribution in [-0.4, -0.2) is 35.7 Å². The molecule has 0 unspecified atom stereocenters. The zero-order valence-electron chi connectivity index (χ0n) is 9.66. The summed E-state index contributed by atoms with van der Waals surface area (Å²) in [6.07, 6.45) is 2.88.